The number of rotatable bonds is 3. The van der Waals surface area contributed by atoms with Crippen LogP contribution in [0.15, 0.2) is 34.2 Å². The first-order valence-electron chi connectivity index (χ1n) is 6.88. The average Bonchev–Trinajstić information content (AvgIpc) is 3.24. The Morgan fingerprint density at radius 3 is 2.62 bits per heavy atom. The Labute approximate surface area is 125 Å². The lowest BCUT2D eigenvalue weighted by Crippen LogP contribution is -2.00. The average molecular weight is 298 g/mol. The second-order valence-electron chi connectivity index (χ2n) is 5.16. The van der Waals surface area contributed by atoms with E-state index in [1.54, 1.807) is 0 Å². The van der Waals surface area contributed by atoms with Gasteiger partial charge in [-0.1, -0.05) is 29.4 Å². The molecular weight excluding hydrogens is 284 g/mol. The van der Waals surface area contributed by atoms with Gasteiger partial charge in [0.15, 0.2) is 5.82 Å². The Kier molecular flexibility index (Phi) is 3.05. The number of fused-ring (bicyclic) bond motifs is 1. The van der Waals surface area contributed by atoms with Crippen LogP contribution in [0.5, 0.6) is 0 Å². The third-order valence-corrected chi connectivity index (χ3v) is 4.67. The highest BCUT2D eigenvalue weighted by molar-refractivity contribution is 7.09. The van der Waals surface area contributed by atoms with Crippen LogP contribution in [0.2, 0.25) is 0 Å². The smallest absolute Gasteiger partial charge is 0.277 e. The lowest BCUT2D eigenvalue weighted by Gasteiger charge is -2.00. The Morgan fingerprint density at radius 2 is 1.95 bits per heavy atom. The molecule has 0 spiro atoms. The zero-order valence-corrected chi connectivity index (χ0v) is 12.1. The summed E-state index contributed by atoms with van der Waals surface area (Å²) in [4.78, 5) is 8.89. The normalized spacial score (nSPS) is 14.5. The first-order valence-corrected chi connectivity index (χ1v) is 7.76. The third-order valence-electron chi connectivity index (χ3n) is 3.80. The van der Waals surface area contributed by atoms with Crippen molar-refractivity contribution >= 4 is 11.3 Å². The van der Waals surface area contributed by atoms with Gasteiger partial charge in [0.2, 0.25) is 0 Å². The Morgan fingerprint density at radius 1 is 1.19 bits per heavy atom. The van der Waals surface area contributed by atoms with Crippen molar-refractivity contribution in [2.45, 2.75) is 25.3 Å². The van der Waals surface area contributed by atoms with Crippen molar-refractivity contribution in [1.29, 1.82) is 0 Å². The topological polar surface area (TPSA) is 77.8 Å². The van der Waals surface area contributed by atoms with Gasteiger partial charge in [-0.3, -0.25) is 0 Å². The van der Waals surface area contributed by atoms with Gasteiger partial charge in [-0.2, -0.15) is 4.98 Å². The standard InChI is InChI=1S/C15H14N4OS/c16-7-13-17-12(8-21-13)15-18-14(19-20-15)11-5-9-3-1-2-4-10(9)6-11/h1-4,8,11H,5-7,16H2. The van der Waals surface area contributed by atoms with Crippen LogP contribution in [-0.4, -0.2) is 15.1 Å². The first-order chi connectivity index (χ1) is 10.3. The van der Waals surface area contributed by atoms with Gasteiger partial charge >= 0.3 is 0 Å². The van der Waals surface area contributed by atoms with Crippen LogP contribution in [0.4, 0.5) is 0 Å². The molecule has 0 unspecified atom stereocenters. The molecule has 6 heteroatoms. The van der Waals surface area contributed by atoms with Gasteiger partial charge in [-0.25, -0.2) is 4.98 Å². The minimum Gasteiger partial charge on any atom is -0.332 e. The molecule has 1 aromatic carbocycles. The molecule has 0 aliphatic heterocycles. The summed E-state index contributed by atoms with van der Waals surface area (Å²) in [7, 11) is 0. The van der Waals surface area contributed by atoms with Gasteiger partial charge in [0.25, 0.3) is 5.89 Å². The molecular formula is C15H14N4OS. The number of nitrogens with zero attached hydrogens (tertiary/aromatic N) is 3. The van der Waals surface area contributed by atoms with Crippen LogP contribution >= 0.6 is 11.3 Å². The maximum atomic E-state index is 5.58. The van der Waals surface area contributed by atoms with E-state index in [1.165, 1.54) is 22.5 Å². The molecule has 0 amide bonds. The number of thiazole rings is 1. The summed E-state index contributed by atoms with van der Waals surface area (Å²) in [6.45, 7) is 0.434. The molecule has 3 aromatic rings. The first kappa shape index (κ1) is 12.7. The van der Waals surface area contributed by atoms with Crippen LogP contribution in [0, 0.1) is 0 Å². The van der Waals surface area contributed by atoms with E-state index in [4.69, 9.17) is 10.3 Å². The molecule has 0 saturated carbocycles. The minimum absolute atomic E-state index is 0.299. The predicted molar refractivity (Wildman–Crippen MR) is 79.9 cm³/mol. The van der Waals surface area contributed by atoms with E-state index < -0.39 is 0 Å². The number of hydrogen-bond acceptors (Lipinski definition) is 6. The summed E-state index contributed by atoms with van der Waals surface area (Å²) in [6.07, 6.45) is 1.94. The van der Waals surface area contributed by atoms with Crippen LogP contribution < -0.4 is 5.73 Å². The van der Waals surface area contributed by atoms with Crippen LogP contribution in [0.3, 0.4) is 0 Å². The zero-order chi connectivity index (χ0) is 14.2. The van der Waals surface area contributed by atoms with Crippen molar-refractivity contribution in [3.8, 4) is 11.6 Å². The van der Waals surface area contributed by atoms with Crippen LogP contribution in [-0.2, 0) is 19.4 Å². The molecule has 0 saturated heterocycles. The predicted octanol–water partition coefficient (Wildman–Crippen LogP) is 2.53. The van der Waals surface area contributed by atoms with Crippen LogP contribution in [0.25, 0.3) is 11.6 Å². The molecule has 0 bridgehead atoms. The number of benzene rings is 1. The molecule has 1 aliphatic rings. The van der Waals surface area contributed by atoms with Crippen molar-refractivity contribution in [1.82, 2.24) is 15.1 Å². The molecule has 21 heavy (non-hydrogen) atoms. The lowest BCUT2D eigenvalue weighted by molar-refractivity contribution is 0.415. The molecule has 2 aromatic heterocycles. The number of aromatic nitrogens is 3. The molecule has 0 radical (unpaired) electrons. The molecule has 1 aliphatic carbocycles. The maximum Gasteiger partial charge on any atom is 0.277 e. The molecule has 2 N–H and O–H groups in total. The summed E-state index contributed by atoms with van der Waals surface area (Å²) in [5, 5.41) is 6.92. The van der Waals surface area contributed by atoms with Gasteiger partial charge in [0, 0.05) is 17.8 Å². The van der Waals surface area contributed by atoms with E-state index in [2.05, 4.69) is 39.4 Å². The summed E-state index contributed by atoms with van der Waals surface area (Å²) in [6, 6.07) is 8.49. The fourth-order valence-electron chi connectivity index (χ4n) is 2.75. The summed E-state index contributed by atoms with van der Waals surface area (Å²) < 4.78 is 5.36. The van der Waals surface area contributed by atoms with Crippen molar-refractivity contribution in [3.05, 3.63) is 51.6 Å². The van der Waals surface area contributed by atoms with E-state index in [0.29, 0.717) is 18.4 Å². The monoisotopic (exact) mass is 298 g/mol. The molecule has 0 atom stereocenters. The number of hydrogen-bond donors (Lipinski definition) is 1. The van der Waals surface area contributed by atoms with Gasteiger partial charge in [0.05, 0.1) is 0 Å². The lowest BCUT2D eigenvalue weighted by atomic mass is 10.1. The molecule has 4 rings (SSSR count). The highest BCUT2D eigenvalue weighted by Gasteiger charge is 2.27. The van der Waals surface area contributed by atoms with E-state index in [9.17, 15) is 0 Å². The fourth-order valence-corrected chi connectivity index (χ4v) is 3.40. The largest absolute Gasteiger partial charge is 0.332 e. The van der Waals surface area contributed by atoms with Gasteiger partial charge in [0.1, 0.15) is 10.7 Å². The van der Waals surface area contributed by atoms with Crippen molar-refractivity contribution < 1.29 is 4.52 Å². The summed E-state index contributed by atoms with van der Waals surface area (Å²) in [5.74, 6) is 1.55. The van der Waals surface area contributed by atoms with Gasteiger partial charge in [-0.15, -0.1) is 11.3 Å². The van der Waals surface area contributed by atoms with Crippen molar-refractivity contribution in [3.63, 3.8) is 0 Å². The molecule has 2 heterocycles. The third kappa shape index (κ3) is 2.26. The molecule has 0 fully saturated rings. The van der Waals surface area contributed by atoms with Crippen LogP contribution in [0.1, 0.15) is 27.9 Å². The Hall–Kier alpha value is -2.05. The molecule has 106 valence electrons. The quantitative estimate of drug-likeness (QED) is 0.804. The highest BCUT2D eigenvalue weighted by Crippen LogP contribution is 2.33. The van der Waals surface area contributed by atoms with Gasteiger partial charge < -0.3 is 10.3 Å². The zero-order valence-electron chi connectivity index (χ0n) is 11.3. The SMILES string of the molecule is NCc1nc(-c2nc(C3Cc4ccccc4C3)no2)cs1. The van der Waals surface area contributed by atoms with E-state index >= 15 is 0 Å². The highest BCUT2D eigenvalue weighted by atomic mass is 32.1. The van der Waals surface area contributed by atoms with Crippen molar-refractivity contribution in [2.24, 2.45) is 5.73 Å². The minimum atomic E-state index is 0.299. The van der Waals surface area contributed by atoms with Gasteiger partial charge in [-0.05, 0) is 24.0 Å². The Balaban J connectivity index is 1.58. The number of nitrogens with two attached hydrogens (primary N) is 1. The van der Waals surface area contributed by atoms with E-state index in [0.717, 1.165) is 29.4 Å². The molecule has 5 nitrogen and oxygen atoms in total. The maximum absolute atomic E-state index is 5.58. The van der Waals surface area contributed by atoms with E-state index in [1.807, 2.05) is 5.38 Å². The van der Waals surface area contributed by atoms with E-state index in [-0.39, 0.29) is 0 Å². The Bertz CT molecular complexity index is 754. The second-order valence-corrected chi connectivity index (χ2v) is 6.10. The fraction of sp³-hybridized carbons (Fsp3) is 0.267. The van der Waals surface area contributed by atoms with Crippen molar-refractivity contribution in [2.75, 3.05) is 0 Å². The second kappa shape index (κ2) is 5.05. The summed E-state index contributed by atoms with van der Waals surface area (Å²) >= 11 is 1.51. The summed E-state index contributed by atoms with van der Waals surface area (Å²) in [5.41, 5.74) is 9.06.